The fourth-order valence-electron chi connectivity index (χ4n) is 3.18. The molecule has 0 aliphatic heterocycles. The van der Waals surface area contributed by atoms with Crippen LogP contribution in [0.4, 0.5) is 0 Å². The van der Waals surface area contributed by atoms with Gasteiger partial charge in [0.15, 0.2) is 0 Å². The molecule has 0 aromatic heterocycles. The number of rotatable bonds is 5. The second kappa shape index (κ2) is 4.68. The van der Waals surface area contributed by atoms with Gasteiger partial charge in [0.1, 0.15) is 0 Å². The lowest BCUT2D eigenvalue weighted by molar-refractivity contribution is -0.0383. The summed E-state index contributed by atoms with van der Waals surface area (Å²) in [5.74, 6) is 2.87. The first-order chi connectivity index (χ1) is 6.50. The maximum absolute atomic E-state index is 2.52. The Morgan fingerprint density at radius 2 is 2.00 bits per heavy atom. The van der Waals surface area contributed by atoms with Crippen LogP contribution >= 0.6 is 0 Å². The zero-order chi connectivity index (χ0) is 10.8. The summed E-state index contributed by atoms with van der Waals surface area (Å²) in [6.45, 7) is 12.0. The normalized spacial score (nSPS) is 37.3. The van der Waals surface area contributed by atoms with Crippen molar-refractivity contribution in [3.05, 3.63) is 0 Å². The third-order valence-electron chi connectivity index (χ3n) is 4.69. The van der Waals surface area contributed by atoms with Crippen molar-refractivity contribution in [2.75, 3.05) is 0 Å². The summed E-state index contributed by atoms with van der Waals surface area (Å²) in [7, 11) is 0. The van der Waals surface area contributed by atoms with E-state index in [1.54, 1.807) is 0 Å². The van der Waals surface area contributed by atoms with Crippen LogP contribution in [-0.4, -0.2) is 0 Å². The van der Waals surface area contributed by atoms with Crippen molar-refractivity contribution >= 4 is 0 Å². The van der Waals surface area contributed by atoms with Gasteiger partial charge in [0.25, 0.3) is 0 Å². The van der Waals surface area contributed by atoms with Crippen molar-refractivity contribution in [1.29, 1.82) is 0 Å². The molecule has 1 saturated carbocycles. The third kappa shape index (κ3) is 2.32. The van der Waals surface area contributed by atoms with Gasteiger partial charge < -0.3 is 0 Å². The quantitative estimate of drug-likeness (QED) is 0.587. The van der Waals surface area contributed by atoms with Gasteiger partial charge in [-0.1, -0.05) is 53.9 Å². The first kappa shape index (κ1) is 12.1. The average Bonchev–Trinajstić information content (AvgIpc) is 2.13. The van der Waals surface area contributed by atoms with Gasteiger partial charge in [0, 0.05) is 0 Å². The van der Waals surface area contributed by atoms with Gasteiger partial charge in [0.05, 0.1) is 0 Å². The lowest BCUT2D eigenvalue weighted by Crippen LogP contribution is -2.45. The maximum atomic E-state index is 2.52. The predicted octanol–water partition coefficient (Wildman–Crippen LogP) is 4.89. The zero-order valence-electron chi connectivity index (χ0n) is 10.8. The lowest BCUT2D eigenvalue weighted by Gasteiger charge is -2.53. The minimum Gasteiger partial charge on any atom is -0.0651 e. The van der Waals surface area contributed by atoms with Crippen LogP contribution in [0.5, 0.6) is 0 Å². The van der Waals surface area contributed by atoms with Gasteiger partial charge in [-0.3, -0.25) is 0 Å². The van der Waals surface area contributed by atoms with E-state index >= 15 is 0 Å². The average molecular weight is 196 g/mol. The highest BCUT2D eigenvalue weighted by Crippen LogP contribution is 2.55. The molecule has 0 heterocycles. The molecule has 0 N–H and O–H groups in total. The highest BCUT2D eigenvalue weighted by molar-refractivity contribution is 4.96. The summed E-state index contributed by atoms with van der Waals surface area (Å²) in [6, 6.07) is 0. The highest BCUT2D eigenvalue weighted by Gasteiger charge is 2.46. The molecule has 1 rings (SSSR count). The highest BCUT2D eigenvalue weighted by atomic mass is 14.5. The Morgan fingerprint density at radius 3 is 2.43 bits per heavy atom. The molecular formula is C14H28. The van der Waals surface area contributed by atoms with Crippen LogP contribution in [0.3, 0.4) is 0 Å². The Hall–Kier alpha value is 0. The third-order valence-corrected chi connectivity index (χ3v) is 4.69. The summed E-state index contributed by atoms with van der Waals surface area (Å²) in [5, 5.41) is 0. The van der Waals surface area contributed by atoms with Crippen LogP contribution in [0.15, 0.2) is 0 Å². The molecule has 0 saturated heterocycles. The second-order valence-corrected chi connectivity index (χ2v) is 6.03. The minimum atomic E-state index is 0.684. The minimum absolute atomic E-state index is 0.684. The molecule has 0 aromatic rings. The van der Waals surface area contributed by atoms with Gasteiger partial charge in [-0.05, 0) is 36.0 Å². The smallest absolute Gasteiger partial charge is 0.0272 e. The van der Waals surface area contributed by atoms with E-state index in [0.717, 1.165) is 17.8 Å². The van der Waals surface area contributed by atoms with Gasteiger partial charge in [-0.25, -0.2) is 0 Å². The Bertz CT molecular complexity index is 171. The lowest BCUT2D eigenvalue weighted by atomic mass is 9.52. The molecule has 0 bridgehead atoms. The van der Waals surface area contributed by atoms with Crippen LogP contribution < -0.4 is 0 Å². The van der Waals surface area contributed by atoms with E-state index in [9.17, 15) is 0 Å². The molecule has 0 spiro atoms. The molecule has 0 nitrogen and oxygen atoms in total. The first-order valence-corrected chi connectivity index (χ1v) is 6.50. The molecular weight excluding hydrogens is 168 g/mol. The molecule has 0 radical (unpaired) electrons. The van der Waals surface area contributed by atoms with Crippen LogP contribution in [0.2, 0.25) is 0 Å². The standard InChI is InChI=1S/C14H28/c1-6-13-10-12(4)14(13,5)9-7-8-11(2)3/h11-13H,6-10H2,1-5H3. The van der Waals surface area contributed by atoms with Crippen LogP contribution in [0.1, 0.15) is 66.7 Å². The Labute approximate surface area is 90.5 Å². The second-order valence-electron chi connectivity index (χ2n) is 6.03. The monoisotopic (exact) mass is 196 g/mol. The SMILES string of the molecule is CCC1CC(C)C1(C)CCCC(C)C. The van der Waals surface area contributed by atoms with E-state index in [4.69, 9.17) is 0 Å². The zero-order valence-corrected chi connectivity index (χ0v) is 10.8. The van der Waals surface area contributed by atoms with Crippen molar-refractivity contribution in [3.63, 3.8) is 0 Å². The van der Waals surface area contributed by atoms with Gasteiger partial charge in [-0.2, -0.15) is 0 Å². The van der Waals surface area contributed by atoms with Gasteiger partial charge >= 0.3 is 0 Å². The fourth-order valence-corrected chi connectivity index (χ4v) is 3.18. The Morgan fingerprint density at radius 1 is 1.36 bits per heavy atom. The molecule has 0 amide bonds. The molecule has 1 aliphatic carbocycles. The largest absolute Gasteiger partial charge is 0.0651 e. The van der Waals surface area contributed by atoms with E-state index in [2.05, 4.69) is 34.6 Å². The molecule has 3 atom stereocenters. The molecule has 0 aromatic carbocycles. The van der Waals surface area contributed by atoms with E-state index in [1.165, 1.54) is 32.1 Å². The first-order valence-electron chi connectivity index (χ1n) is 6.50. The molecule has 1 aliphatic rings. The molecule has 84 valence electrons. The number of hydrogen-bond donors (Lipinski definition) is 0. The Kier molecular flexibility index (Phi) is 4.04. The Balaban J connectivity index is 2.33. The van der Waals surface area contributed by atoms with Crippen molar-refractivity contribution < 1.29 is 0 Å². The summed E-state index contributed by atoms with van der Waals surface area (Å²) in [5.41, 5.74) is 0.684. The summed E-state index contributed by atoms with van der Waals surface area (Å²) < 4.78 is 0. The fraction of sp³-hybridized carbons (Fsp3) is 1.00. The topological polar surface area (TPSA) is 0 Å². The molecule has 3 unspecified atom stereocenters. The predicted molar refractivity (Wildman–Crippen MR) is 64.4 cm³/mol. The van der Waals surface area contributed by atoms with Crippen LogP contribution in [0, 0.1) is 23.2 Å². The van der Waals surface area contributed by atoms with Crippen molar-refractivity contribution in [2.24, 2.45) is 23.2 Å². The van der Waals surface area contributed by atoms with Crippen molar-refractivity contribution in [1.82, 2.24) is 0 Å². The van der Waals surface area contributed by atoms with E-state index in [1.807, 2.05) is 0 Å². The van der Waals surface area contributed by atoms with Crippen molar-refractivity contribution in [3.8, 4) is 0 Å². The van der Waals surface area contributed by atoms with E-state index in [0.29, 0.717) is 5.41 Å². The van der Waals surface area contributed by atoms with E-state index in [-0.39, 0.29) is 0 Å². The summed E-state index contributed by atoms with van der Waals surface area (Å²) >= 11 is 0. The molecule has 1 fully saturated rings. The molecule has 14 heavy (non-hydrogen) atoms. The number of hydrogen-bond acceptors (Lipinski definition) is 0. The van der Waals surface area contributed by atoms with Crippen LogP contribution in [-0.2, 0) is 0 Å². The van der Waals surface area contributed by atoms with Crippen LogP contribution in [0.25, 0.3) is 0 Å². The summed E-state index contributed by atoms with van der Waals surface area (Å²) in [6.07, 6.45) is 7.19. The van der Waals surface area contributed by atoms with Crippen molar-refractivity contribution in [2.45, 2.75) is 66.7 Å². The van der Waals surface area contributed by atoms with Gasteiger partial charge in [-0.15, -0.1) is 0 Å². The van der Waals surface area contributed by atoms with E-state index < -0.39 is 0 Å². The summed E-state index contributed by atoms with van der Waals surface area (Å²) in [4.78, 5) is 0. The van der Waals surface area contributed by atoms with Gasteiger partial charge in [0.2, 0.25) is 0 Å². The maximum Gasteiger partial charge on any atom is -0.0272 e. The molecule has 0 heteroatoms.